The monoisotopic (exact) mass is 313 g/mol. The van der Waals surface area contributed by atoms with Gasteiger partial charge in [-0.2, -0.15) is 5.10 Å². The molecule has 3 rings (SSSR count). The van der Waals surface area contributed by atoms with Crippen LogP contribution in [0, 0.1) is 0 Å². The zero-order chi connectivity index (χ0) is 15.2. The maximum atomic E-state index is 11.9. The van der Waals surface area contributed by atoms with Crippen molar-refractivity contribution in [3.8, 4) is 5.82 Å². The summed E-state index contributed by atoms with van der Waals surface area (Å²) in [5.74, 6) is 1.09. The van der Waals surface area contributed by atoms with Crippen LogP contribution < -0.4 is 5.32 Å². The molecule has 9 heteroatoms. The number of nitrogens with one attached hydrogen (secondary N) is 1. The van der Waals surface area contributed by atoms with Crippen molar-refractivity contribution in [3.63, 3.8) is 0 Å². The number of carbonyl (C=O) groups excluding carboxylic acids is 1. The Labute approximate surface area is 130 Å². The van der Waals surface area contributed by atoms with Gasteiger partial charge >= 0.3 is 0 Å². The summed E-state index contributed by atoms with van der Waals surface area (Å²) in [6, 6.07) is 5.33. The second-order valence-electron chi connectivity index (χ2n) is 4.12. The van der Waals surface area contributed by atoms with Crippen molar-refractivity contribution >= 4 is 23.5 Å². The molecule has 22 heavy (non-hydrogen) atoms. The first kappa shape index (κ1) is 14.1. The van der Waals surface area contributed by atoms with E-state index >= 15 is 0 Å². The number of thioether (sulfide) groups is 1. The Morgan fingerprint density at radius 3 is 2.82 bits per heavy atom. The molecular weight excluding hydrogens is 302 g/mol. The first-order valence-electron chi connectivity index (χ1n) is 6.31. The number of nitrogens with zero attached hydrogens (tertiary/aromatic N) is 6. The number of amides is 1. The van der Waals surface area contributed by atoms with Gasteiger partial charge in [0.1, 0.15) is 24.8 Å². The van der Waals surface area contributed by atoms with E-state index in [1.807, 2.05) is 12.1 Å². The Balaban J connectivity index is 1.61. The lowest BCUT2D eigenvalue weighted by Gasteiger charge is -2.05. The molecule has 0 aliphatic rings. The molecule has 0 saturated carbocycles. The van der Waals surface area contributed by atoms with Gasteiger partial charge in [-0.25, -0.2) is 19.6 Å². The lowest BCUT2D eigenvalue weighted by Crippen LogP contribution is -2.15. The molecule has 0 saturated heterocycles. The summed E-state index contributed by atoms with van der Waals surface area (Å²) in [7, 11) is 0. The molecule has 1 amide bonds. The van der Waals surface area contributed by atoms with Crippen LogP contribution in [-0.2, 0) is 4.79 Å². The number of hydrogen-bond donors (Lipinski definition) is 1. The highest BCUT2D eigenvalue weighted by Crippen LogP contribution is 2.16. The maximum absolute atomic E-state index is 11.9. The molecule has 0 bridgehead atoms. The van der Waals surface area contributed by atoms with Crippen molar-refractivity contribution in [2.24, 2.45) is 0 Å². The zero-order valence-electron chi connectivity index (χ0n) is 11.3. The third kappa shape index (κ3) is 3.64. The molecule has 0 spiro atoms. The molecule has 0 aliphatic heterocycles. The SMILES string of the molecule is O=C(CSc1ccncc1)Nc1cc(-n2cncn2)ncn1. The molecule has 0 fully saturated rings. The van der Waals surface area contributed by atoms with Crippen LogP contribution in [0.3, 0.4) is 0 Å². The molecule has 0 unspecified atom stereocenters. The molecular formula is C13H11N7OS. The van der Waals surface area contributed by atoms with E-state index in [1.54, 1.807) is 18.5 Å². The van der Waals surface area contributed by atoms with E-state index in [0.717, 1.165) is 4.90 Å². The van der Waals surface area contributed by atoms with E-state index < -0.39 is 0 Å². The number of anilines is 1. The van der Waals surface area contributed by atoms with E-state index in [-0.39, 0.29) is 11.7 Å². The number of hydrogen-bond acceptors (Lipinski definition) is 7. The number of pyridine rings is 1. The summed E-state index contributed by atoms with van der Waals surface area (Å²) in [6.07, 6.45) is 7.67. The Hall–Kier alpha value is -2.81. The molecule has 0 aliphatic carbocycles. The summed E-state index contributed by atoms with van der Waals surface area (Å²) in [6.45, 7) is 0. The Bertz CT molecular complexity index is 748. The van der Waals surface area contributed by atoms with Crippen molar-refractivity contribution in [2.75, 3.05) is 11.1 Å². The van der Waals surface area contributed by atoms with Gasteiger partial charge in [0.15, 0.2) is 5.82 Å². The van der Waals surface area contributed by atoms with Gasteiger partial charge in [0.2, 0.25) is 5.91 Å². The predicted molar refractivity (Wildman–Crippen MR) is 80.5 cm³/mol. The van der Waals surface area contributed by atoms with Crippen molar-refractivity contribution in [3.05, 3.63) is 49.6 Å². The highest BCUT2D eigenvalue weighted by atomic mass is 32.2. The van der Waals surface area contributed by atoms with Gasteiger partial charge in [0.05, 0.1) is 5.75 Å². The van der Waals surface area contributed by atoms with Gasteiger partial charge in [-0.15, -0.1) is 11.8 Å². The van der Waals surface area contributed by atoms with Crippen LogP contribution in [0.2, 0.25) is 0 Å². The van der Waals surface area contributed by atoms with Crippen LogP contribution >= 0.6 is 11.8 Å². The van der Waals surface area contributed by atoms with E-state index in [2.05, 4.69) is 30.4 Å². The minimum absolute atomic E-state index is 0.148. The summed E-state index contributed by atoms with van der Waals surface area (Å²) < 4.78 is 1.49. The van der Waals surface area contributed by atoms with E-state index in [4.69, 9.17) is 0 Å². The van der Waals surface area contributed by atoms with Gasteiger partial charge < -0.3 is 5.32 Å². The van der Waals surface area contributed by atoms with Crippen molar-refractivity contribution in [1.82, 2.24) is 29.7 Å². The fourth-order valence-corrected chi connectivity index (χ4v) is 2.31. The molecule has 110 valence electrons. The lowest BCUT2D eigenvalue weighted by molar-refractivity contribution is -0.113. The Kier molecular flexibility index (Phi) is 4.35. The Morgan fingerprint density at radius 1 is 1.18 bits per heavy atom. The fourth-order valence-electron chi connectivity index (χ4n) is 1.63. The third-order valence-electron chi connectivity index (χ3n) is 2.59. The van der Waals surface area contributed by atoms with Gasteiger partial charge in [-0.3, -0.25) is 9.78 Å². The van der Waals surface area contributed by atoms with E-state index in [0.29, 0.717) is 11.6 Å². The highest BCUT2D eigenvalue weighted by Gasteiger charge is 2.07. The molecule has 0 radical (unpaired) electrons. The third-order valence-corrected chi connectivity index (χ3v) is 3.61. The molecule has 3 aromatic rings. The molecule has 8 nitrogen and oxygen atoms in total. The van der Waals surface area contributed by atoms with Crippen LogP contribution in [0.1, 0.15) is 0 Å². The predicted octanol–water partition coefficient (Wildman–Crippen LogP) is 1.18. The topological polar surface area (TPSA) is 98.5 Å². The van der Waals surface area contributed by atoms with Gasteiger partial charge in [-0.1, -0.05) is 0 Å². The van der Waals surface area contributed by atoms with Crippen molar-refractivity contribution < 1.29 is 4.79 Å². The summed E-state index contributed by atoms with van der Waals surface area (Å²) in [5, 5.41) is 6.70. The van der Waals surface area contributed by atoms with Crippen LogP contribution in [0.5, 0.6) is 0 Å². The maximum Gasteiger partial charge on any atom is 0.235 e. The van der Waals surface area contributed by atoms with Crippen molar-refractivity contribution in [1.29, 1.82) is 0 Å². The van der Waals surface area contributed by atoms with Crippen LogP contribution in [0.25, 0.3) is 5.82 Å². The quantitative estimate of drug-likeness (QED) is 0.706. The van der Waals surface area contributed by atoms with Gasteiger partial charge in [0.25, 0.3) is 0 Å². The summed E-state index contributed by atoms with van der Waals surface area (Å²) >= 11 is 1.43. The number of carbonyl (C=O) groups is 1. The van der Waals surface area contributed by atoms with E-state index in [1.165, 1.54) is 35.4 Å². The number of rotatable bonds is 5. The summed E-state index contributed by atoms with van der Waals surface area (Å²) in [4.78, 5) is 28.8. The average Bonchev–Trinajstić information content (AvgIpc) is 3.09. The minimum Gasteiger partial charge on any atom is -0.310 e. The minimum atomic E-state index is -0.148. The van der Waals surface area contributed by atoms with Crippen LogP contribution in [0.15, 0.2) is 54.5 Å². The van der Waals surface area contributed by atoms with Gasteiger partial charge in [0, 0.05) is 23.4 Å². The van der Waals surface area contributed by atoms with Crippen LogP contribution in [-0.4, -0.2) is 41.4 Å². The molecule has 3 aromatic heterocycles. The summed E-state index contributed by atoms with van der Waals surface area (Å²) in [5.41, 5.74) is 0. The van der Waals surface area contributed by atoms with Crippen molar-refractivity contribution in [2.45, 2.75) is 4.90 Å². The first-order chi connectivity index (χ1) is 10.8. The smallest absolute Gasteiger partial charge is 0.235 e. The van der Waals surface area contributed by atoms with Crippen LogP contribution in [0.4, 0.5) is 5.82 Å². The van der Waals surface area contributed by atoms with Gasteiger partial charge in [-0.05, 0) is 12.1 Å². The highest BCUT2D eigenvalue weighted by molar-refractivity contribution is 8.00. The molecule has 3 heterocycles. The first-order valence-corrected chi connectivity index (χ1v) is 7.29. The average molecular weight is 313 g/mol. The lowest BCUT2D eigenvalue weighted by atomic mass is 10.5. The zero-order valence-corrected chi connectivity index (χ0v) is 12.1. The standard InChI is InChI=1S/C13H11N7OS/c21-13(6-22-10-1-3-14-4-2-10)19-11-5-12(17-8-16-11)20-9-15-7-18-20/h1-5,7-9H,6H2,(H,16,17,19,21). The number of aromatic nitrogens is 6. The molecule has 1 N–H and O–H groups in total. The molecule has 0 atom stereocenters. The second kappa shape index (κ2) is 6.76. The fraction of sp³-hybridized carbons (Fsp3) is 0.0769. The second-order valence-corrected chi connectivity index (χ2v) is 5.17. The molecule has 0 aromatic carbocycles. The van der Waals surface area contributed by atoms with E-state index in [9.17, 15) is 4.79 Å². The normalized spacial score (nSPS) is 10.4. The Morgan fingerprint density at radius 2 is 2.05 bits per heavy atom. The largest absolute Gasteiger partial charge is 0.310 e.